The number of rotatable bonds is 2. The Kier molecular flexibility index (Phi) is 7.93. The normalized spacial score (nSPS) is 11.8. The molecule has 0 spiro atoms. The van der Waals surface area contributed by atoms with Gasteiger partial charge >= 0.3 is 0 Å². The lowest BCUT2D eigenvalue weighted by Gasteiger charge is -1.99. The molecule has 78 valence electrons. The van der Waals surface area contributed by atoms with Crippen LogP contribution >= 0.6 is 36.2 Å². The average molecular weight is 243 g/mol. The first kappa shape index (κ1) is 15.6. The van der Waals surface area contributed by atoms with Crippen LogP contribution in [0.3, 0.4) is 0 Å². The van der Waals surface area contributed by atoms with E-state index in [-0.39, 0.29) is 30.9 Å². The summed E-state index contributed by atoms with van der Waals surface area (Å²) in [6.07, 6.45) is 0. The first-order valence-corrected chi connectivity index (χ1v) is 4.70. The van der Waals surface area contributed by atoms with E-state index in [1.165, 1.54) is 5.01 Å². The maximum atomic E-state index is 5.67. The molecule has 1 rings (SSSR count). The van der Waals surface area contributed by atoms with Crippen LogP contribution in [-0.2, 0) is 0 Å². The summed E-state index contributed by atoms with van der Waals surface area (Å²) in [6, 6.07) is 0.0683. The second kappa shape index (κ2) is 6.60. The van der Waals surface area contributed by atoms with E-state index in [1.807, 2.05) is 12.3 Å². The molecule has 0 bridgehead atoms. The van der Waals surface area contributed by atoms with Crippen LogP contribution in [0.4, 0.5) is 0 Å². The third-order valence-corrected chi connectivity index (χ3v) is 2.66. The predicted molar refractivity (Wildman–Crippen MR) is 63.3 cm³/mol. The van der Waals surface area contributed by atoms with E-state index in [4.69, 9.17) is 5.73 Å². The monoisotopic (exact) mass is 242 g/mol. The van der Waals surface area contributed by atoms with Gasteiger partial charge in [-0.3, -0.25) is 0 Å². The quantitative estimate of drug-likeness (QED) is 0.866. The van der Waals surface area contributed by atoms with Crippen LogP contribution < -0.4 is 5.73 Å². The smallest absolute Gasteiger partial charge is 0.0954 e. The Morgan fingerprint density at radius 1 is 1.31 bits per heavy atom. The standard InChI is InChI=1S/C8H14N2S.2ClH/c1-5(2)8-10-7(4-11-8)6(3)9;;/h4-6H,9H2,1-3H3;2*1H. The van der Waals surface area contributed by atoms with Gasteiger partial charge in [0.1, 0.15) is 0 Å². The van der Waals surface area contributed by atoms with Crippen LogP contribution in [0.2, 0.25) is 0 Å². The number of hydrogen-bond donors (Lipinski definition) is 1. The van der Waals surface area contributed by atoms with Crippen molar-refractivity contribution >= 4 is 36.2 Å². The first-order chi connectivity index (χ1) is 5.11. The molecule has 0 saturated heterocycles. The zero-order valence-electron chi connectivity index (χ0n) is 7.98. The SMILES string of the molecule is CC(C)c1nc(C(C)N)cs1.Cl.Cl. The number of aromatic nitrogens is 1. The van der Waals surface area contributed by atoms with Crippen molar-refractivity contribution in [2.45, 2.75) is 32.7 Å². The summed E-state index contributed by atoms with van der Waals surface area (Å²) in [5.41, 5.74) is 6.68. The fraction of sp³-hybridized carbons (Fsp3) is 0.625. The molecule has 2 N–H and O–H groups in total. The Hall–Kier alpha value is 0.170. The van der Waals surface area contributed by atoms with Gasteiger partial charge in [0.25, 0.3) is 0 Å². The van der Waals surface area contributed by atoms with Gasteiger partial charge in [0.15, 0.2) is 0 Å². The van der Waals surface area contributed by atoms with E-state index in [1.54, 1.807) is 11.3 Å². The molecule has 1 atom stereocenters. The van der Waals surface area contributed by atoms with Gasteiger partial charge in [0.2, 0.25) is 0 Å². The fourth-order valence-electron chi connectivity index (χ4n) is 0.775. The first-order valence-electron chi connectivity index (χ1n) is 3.82. The van der Waals surface area contributed by atoms with E-state index >= 15 is 0 Å². The number of hydrogen-bond acceptors (Lipinski definition) is 3. The third kappa shape index (κ3) is 4.27. The molecule has 1 unspecified atom stereocenters. The zero-order valence-corrected chi connectivity index (χ0v) is 10.4. The minimum atomic E-state index is 0. The van der Waals surface area contributed by atoms with Crippen molar-refractivity contribution in [3.63, 3.8) is 0 Å². The third-order valence-electron chi connectivity index (χ3n) is 1.50. The van der Waals surface area contributed by atoms with E-state index in [2.05, 4.69) is 18.8 Å². The highest BCUT2D eigenvalue weighted by atomic mass is 35.5. The lowest BCUT2D eigenvalue weighted by atomic mass is 10.2. The molecule has 0 aromatic carbocycles. The highest BCUT2D eigenvalue weighted by Gasteiger charge is 2.07. The Bertz CT molecular complexity index is 213. The Balaban J connectivity index is 0. The largest absolute Gasteiger partial charge is 0.323 e. The molecule has 0 aliphatic rings. The van der Waals surface area contributed by atoms with Gasteiger partial charge in [-0.2, -0.15) is 0 Å². The highest BCUT2D eigenvalue weighted by Crippen LogP contribution is 2.21. The van der Waals surface area contributed by atoms with Crippen LogP contribution in [0.5, 0.6) is 0 Å². The Morgan fingerprint density at radius 2 is 1.85 bits per heavy atom. The molecule has 0 saturated carbocycles. The maximum absolute atomic E-state index is 5.67. The number of nitrogens with two attached hydrogens (primary N) is 1. The van der Waals surface area contributed by atoms with Crippen molar-refractivity contribution in [3.8, 4) is 0 Å². The summed E-state index contributed by atoms with van der Waals surface area (Å²) >= 11 is 1.69. The van der Waals surface area contributed by atoms with Crippen molar-refractivity contribution in [1.82, 2.24) is 4.98 Å². The van der Waals surface area contributed by atoms with Gasteiger partial charge < -0.3 is 5.73 Å². The summed E-state index contributed by atoms with van der Waals surface area (Å²) in [7, 11) is 0. The second-order valence-electron chi connectivity index (χ2n) is 3.05. The van der Waals surface area contributed by atoms with Crippen LogP contribution in [0.15, 0.2) is 5.38 Å². The summed E-state index contributed by atoms with van der Waals surface area (Å²) in [5, 5.41) is 3.22. The molecule has 2 nitrogen and oxygen atoms in total. The lowest BCUT2D eigenvalue weighted by Crippen LogP contribution is -2.05. The molecule has 13 heavy (non-hydrogen) atoms. The lowest BCUT2D eigenvalue weighted by molar-refractivity contribution is 0.765. The average Bonchev–Trinajstić information content (AvgIpc) is 2.33. The molecule has 0 fully saturated rings. The Morgan fingerprint density at radius 3 is 2.08 bits per heavy atom. The fourth-order valence-corrected chi connectivity index (χ4v) is 1.71. The summed E-state index contributed by atoms with van der Waals surface area (Å²) in [4.78, 5) is 4.40. The molecular formula is C8H16Cl2N2S. The maximum Gasteiger partial charge on any atom is 0.0954 e. The van der Waals surface area contributed by atoms with Crippen molar-refractivity contribution in [2.75, 3.05) is 0 Å². The number of thiazole rings is 1. The van der Waals surface area contributed by atoms with Gasteiger partial charge in [0, 0.05) is 17.3 Å². The van der Waals surface area contributed by atoms with Gasteiger partial charge in [-0.15, -0.1) is 36.2 Å². The molecule has 5 heteroatoms. The molecular weight excluding hydrogens is 227 g/mol. The molecule has 1 aromatic rings. The molecule has 1 heterocycles. The van der Waals surface area contributed by atoms with Gasteiger partial charge in [-0.25, -0.2) is 4.98 Å². The van der Waals surface area contributed by atoms with E-state index in [0.717, 1.165) is 5.69 Å². The van der Waals surface area contributed by atoms with E-state index in [9.17, 15) is 0 Å². The molecule has 0 aliphatic carbocycles. The summed E-state index contributed by atoms with van der Waals surface area (Å²) < 4.78 is 0. The zero-order chi connectivity index (χ0) is 8.43. The van der Waals surface area contributed by atoms with Gasteiger partial charge in [0.05, 0.1) is 10.7 Å². The van der Waals surface area contributed by atoms with Crippen LogP contribution in [-0.4, -0.2) is 4.98 Å². The van der Waals surface area contributed by atoms with Crippen molar-refractivity contribution in [1.29, 1.82) is 0 Å². The van der Waals surface area contributed by atoms with Gasteiger partial charge in [-0.05, 0) is 6.92 Å². The summed E-state index contributed by atoms with van der Waals surface area (Å²) in [6.45, 7) is 6.24. The van der Waals surface area contributed by atoms with Crippen LogP contribution in [0.1, 0.15) is 43.4 Å². The molecule has 0 radical (unpaired) electrons. The van der Waals surface area contributed by atoms with E-state index < -0.39 is 0 Å². The minimum absolute atomic E-state index is 0. The van der Waals surface area contributed by atoms with Gasteiger partial charge in [-0.1, -0.05) is 13.8 Å². The van der Waals surface area contributed by atoms with Crippen molar-refractivity contribution in [3.05, 3.63) is 16.1 Å². The molecule has 0 aliphatic heterocycles. The van der Waals surface area contributed by atoms with Crippen molar-refractivity contribution < 1.29 is 0 Å². The highest BCUT2D eigenvalue weighted by molar-refractivity contribution is 7.09. The molecule has 1 aromatic heterocycles. The number of nitrogens with zero attached hydrogens (tertiary/aromatic N) is 1. The Labute approximate surface area is 95.8 Å². The molecule has 0 amide bonds. The number of halogens is 2. The van der Waals surface area contributed by atoms with E-state index in [0.29, 0.717) is 5.92 Å². The van der Waals surface area contributed by atoms with Crippen molar-refractivity contribution in [2.24, 2.45) is 5.73 Å². The van der Waals surface area contributed by atoms with Crippen LogP contribution in [0.25, 0.3) is 0 Å². The topological polar surface area (TPSA) is 38.9 Å². The predicted octanol–water partition coefficient (Wildman–Crippen LogP) is 3.13. The van der Waals surface area contributed by atoms with Crippen LogP contribution in [0, 0.1) is 0 Å². The second-order valence-corrected chi connectivity index (χ2v) is 3.94. The minimum Gasteiger partial charge on any atom is -0.323 e. The summed E-state index contributed by atoms with van der Waals surface area (Å²) in [5.74, 6) is 0.521.